The van der Waals surface area contributed by atoms with Crippen LogP contribution in [0.15, 0.2) is 36.4 Å². The minimum atomic E-state index is -0.211. The van der Waals surface area contributed by atoms with Gasteiger partial charge in [0, 0.05) is 13.1 Å². The molecule has 0 aromatic heterocycles. The van der Waals surface area contributed by atoms with E-state index in [2.05, 4.69) is 10.6 Å². The molecule has 0 radical (unpaired) electrons. The molecule has 0 aliphatic rings. The van der Waals surface area contributed by atoms with Crippen LogP contribution < -0.4 is 29.6 Å². The van der Waals surface area contributed by atoms with Crippen molar-refractivity contribution < 1.29 is 28.5 Å². The molecule has 2 rings (SSSR count). The molecule has 2 N–H and O–H groups in total. The summed E-state index contributed by atoms with van der Waals surface area (Å²) in [5.74, 6) is 1.83. The highest BCUT2D eigenvalue weighted by molar-refractivity contribution is 5.78. The summed E-state index contributed by atoms with van der Waals surface area (Å²) < 4.78 is 21.6. The molecular formula is C24H32N2O6. The summed E-state index contributed by atoms with van der Waals surface area (Å²) in [4.78, 5) is 23.9. The van der Waals surface area contributed by atoms with Crippen molar-refractivity contribution in [3.63, 3.8) is 0 Å². The second-order valence-corrected chi connectivity index (χ2v) is 7.29. The second-order valence-electron chi connectivity index (χ2n) is 7.29. The predicted octanol–water partition coefficient (Wildman–Crippen LogP) is 2.79. The third kappa shape index (κ3) is 8.37. The van der Waals surface area contributed by atoms with Crippen LogP contribution in [0.1, 0.15) is 24.0 Å². The average molecular weight is 445 g/mol. The summed E-state index contributed by atoms with van der Waals surface area (Å²) in [6.07, 6.45) is 1.46. The highest BCUT2D eigenvalue weighted by Crippen LogP contribution is 2.28. The monoisotopic (exact) mass is 444 g/mol. The van der Waals surface area contributed by atoms with Crippen molar-refractivity contribution in [3.05, 3.63) is 47.5 Å². The molecule has 0 aliphatic heterocycles. The normalized spacial score (nSPS) is 10.2. The molecule has 8 nitrogen and oxygen atoms in total. The molecule has 174 valence electrons. The molecule has 0 aliphatic carbocycles. The van der Waals surface area contributed by atoms with Crippen LogP contribution in [0.5, 0.6) is 23.0 Å². The fourth-order valence-electron chi connectivity index (χ4n) is 2.88. The van der Waals surface area contributed by atoms with Gasteiger partial charge < -0.3 is 29.6 Å². The highest BCUT2D eigenvalue weighted by atomic mass is 16.5. The van der Waals surface area contributed by atoms with Crippen molar-refractivity contribution in [2.24, 2.45) is 0 Å². The maximum absolute atomic E-state index is 11.9. The average Bonchev–Trinajstić information content (AvgIpc) is 2.79. The maximum Gasteiger partial charge on any atom is 0.257 e. The first kappa shape index (κ1) is 24.8. The number of methoxy groups -OCH3 is 2. The Morgan fingerprint density at radius 1 is 0.688 bits per heavy atom. The number of carbonyl (C=O) groups is 2. The van der Waals surface area contributed by atoms with Gasteiger partial charge in [0.25, 0.3) is 11.8 Å². The Kier molecular flexibility index (Phi) is 10.2. The van der Waals surface area contributed by atoms with Crippen LogP contribution in [0.25, 0.3) is 0 Å². The second kappa shape index (κ2) is 13.1. The fraction of sp³-hybridized carbons (Fsp3) is 0.417. The van der Waals surface area contributed by atoms with Crippen LogP contribution >= 0.6 is 0 Å². The SMILES string of the molecule is COc1cc(C)ccc1OCC(=O)NCCCCNC(=O)COc1ccc(C)cc1OC. The van der Waals surface area contributed by atoms with Gasteiger partial charge in [-0.05, 0) is 62.1 Å². The molecule has 2 amide bonds. The van der Waals surface area contributed by atoms with Gasteiger partial charge in [0.05, 0.1) is 14.2 Å². The molecule has 32 heavy (non-hydrogen) atoms. The fourth-order valence-corrected chi connectivity index (χ4v) is 2.88. The number of carbonyl (C=O) groups excluding carboxylic acids is 2. The van der Waals surface area contributed by atoms with E-state index in [0.29, 0.717) is 36.1 Å². The molecule has 2 aromatic rings. The van der Waals surface area contributed by atoms with E-state index < -0.39 is 0 Å². The Balaban J connectivity index is 1.56. The third-order valence-corrected chi connectivity index (χ3v) is 4.60. The molecule has 0 fully saturated rings. The molecule has 0 bridgehead atoms. The summed E-state index contributed by atoms with van der Waals surface area (Å²) in [7, 11) is 3.12. The lowest BCUT2D eigenvalue weighted by molar-refractivity contribution is -0.124. The number of amides is 2. The van der Waals surface area contributed by atoms with Crippen LogP contribution in [0.2, 0.25) is 0 Å². The predicted molar refractivity (Wildman–Crippen MR) is 122 cm³/mol. The zero-order valence-electron chi connectivity index (χ0n) is 19.2. The minimum Gasteiger partial charge on any atom is -0.493 e. The standard InChI is InChI=1S/C24H32N2O6/c1-17-7-9-19(21(13-17)29-3)31-15-23(27)25-11-5-6-12-26-24(28)16-32-20-10-8-18(2)14-22(20)30-4/h7-10,13-14H,5-6,11-12,15-16H2,1-4H3,(H,25,27)(H,26,28). The number of nitrogens with one attached hydrogen (secondary N) is 2. The first-order valence-electron chi connectivity index (χ1n) is 10.5. The van der Waals surface area contributed by atoms with E-state index in [1.165, 1.54) is 0 Å². The zero-order chi connectivity index (χ0) is 23.3. The van der Waals surface area contributed by atoms with Crippen LogP contribution in [-0.2, 0) is 9.59 Å². The van der Waals surface area contributed by atoms with E-state index in [1.807, 2.05) is 38.1 Å². The number of hydrogen-bond acceptors (Lipinski definition) is 6. The molecule has 0 saturated heterocycles. The highest BCUT2D eigenvalue weighted by Gasteiger charge is 2.09. The van der Waals surface area contributed by atoms with Gasteiger partial charge in [-0.2, -0.15) is 0 Å². The van der Waals surface area contributed by atoms with Crippen molar-refractivity contribution in [1.29, 1.82) is 0 Å². The lowest BCUT2D eigenvalue weighted by atomic mass is 10.2. The molecule has 2 aromatic carbocycles. The summed E-state index contributed by atoms with van der Waals surface area (Å²) in [6.45, 7) is 4.73. The smallest absolute Gasteiger partial charge is 0.257 e. The third-order valence-electron chi connectivity index (χ3n) is 4.60. The number of benzene rings is 2. The van der Waals surface area contributed by atoms with Crippen LogP contribution in [0.4, 0.5) is 0 Å². The van der Waals surface area contributed by atoms with Gasteiger partial charge in [-0.25, -0.2) is 0 Å². The Morgan fingerprint density at radius 3 is 1.47 bits per heavy atom. The van der Waals surface area contributed by atoms with E-state index in [1.54, 1.807) is 26.4 Å². The van der Waals surface area contributed by atoms with Crippen LogP contribution in [-0.4, -0.2) is 52.3 Å². The first-order valence-corrected chi connectivity index (χ1v) is 10.5. The topological polar surface area (TPSA) is 95.1 Å². The van der Waals surface area contributed by atoms with E-state index in [-0.39, 0.29) is 25.0 Å². The molecule has 0 heterocycles. The van der Waals surface area contributed by atoms with E-state index in [9.17, 15) is 9.59 Å². The first-order chi connectivity index (χ1) is 15.4. The Bertz CT molecular complexity index is 827. The van der Waals surface area contributed by atoms with Gasteiger partial charge in [-0.15, -0.1) is 0 Å². The van der Waals surface area contributed by atoms with E-state index >= 15 is 0 Å². The summed E-state index contributed by atoms with van der Waals surface area (Å²) in [5, 5.41) is 5.60. The molecule has 0 atom stereocenters. The molecule has 0 saturated carbocycles. The van der Waals surface area contributed by atoms with Crippen molar-refractivity contribution in [3.8, 4) is 23.0 Å². The van der Waals surface area contributed by atoms with E-state index in [4.69, 9.17) is 18.9 Å². The Labute approximate surface area is 189 Å². The minimum absolute atomic E-state index is 0.0873. The number of hydrogen-bond donors (Lipinski definition) is 2. The summed E-state index contributed by atoms with van der Waals surface area (Å²) in [6, 6.07) is 11.1. The van der Waals surface area contributed by atoms with Gasteiger partial charge in [0.2, 0.25) is 0 Å². The largest absolute Gasteiger partial charge is 0.493 e. The van der Waals surface area contributed by atoms with Crippen molar-refractivity contribution in [1.82, 2.24) is 10.6 Å². The van der Waals surface area contributed by atoms with Crippen molar-refractivity contribution >= 4 is 11.8 Å². The molecule has 0 spiro atoms. The van der Waals surface area contributed by atoms with Gasteiger partial charge in [-0.3, -0.25) is 9.59 Å². The number of rotatable bonds is 13. The van der Waals surface area contributed by atoms with Crippen LogP contribution in [0, 0.1) is 13.8 Å². The summed E-state index contributed by atoms with van der Waals surface area (Å²) in [5.41, 5.74) is 2.10. The Morgan fingerprint density at radius 2 is 1.09 bits per heavy atom. The van der Waals surface area contributed by atoms with Gasteiger partial charge in [-0.1, -0.05) is 12.1 Å². The maximum atomic E-state index is 11.9. The van der Waals surface area contributed by atoms with Gasteiger partial charge >= 0.3 is 0 Å². The molecule has 0 unspecified atom stereocenters. The number of ether oxygens (including phenoxy) is 4. The zero-order valence-corrected chi connectivity index (χ0v) is 19.2. The molecular weight excluding hydrogens is 412 g/mol. The number of aryl methyl sites for hydroxylation is 2. The Hall–Kier alpha value is -3.42. The lowest BCUT2D eigenvalue weighted by Gasteiger charge is -2.12. The van der Waals surface area contributed by atoms with Gasteiger partial charge in [0.1, 0.15) is 0 Å². The van der Waals surface area contributed by atoms with Crippen molar-refractivity contribution in [2.45, 2.75) is 26.7 Å². The quantitative estimate of drug-likeness (QED) is 0.462. The van der Waals surface area contributed by atoms with Crippen molar-refractivity contribution in [2.75, 3.05) is 40.5 Å². The lowest BCUT2D eigenvalue weighted by Crippen LogP contribution is -2.32. The number of unbranched alkanes of at least 4 members (excludes halogenated alkanes) is 1. The van der Waals surface area contributed by atoms with Crippen LogP contribution in [0.3, 0.4) is 0 Å². The molecule has 8 heteroatoms. The summed E-state index contributed by atoms with van der Waals surface area (Å²) >= 11 is 0. The van der Waals surface area contributed by atoms with E-state index in [0.717, 1.165) is 24.0 Å². The van der Waals surface area contributed by atoms with Gasteiger partial charge in [0.15, 0.2) is 36.2 Å².